The second-order valence-corrected chi connectivity index (χ2v) is 5.44. The van der Waals surface area contributed by atoms with E-state index in [0.29, 0.717) is 6.54 Å². The molecule has 118 valence electrons. The van der Waals surface area contributed by atoms with Gasteiger partial charge in [-0.3, -0.25) is 9.48 Å². The summed E-state index contributed by atoms with van der Waals surface area (Å²) < 4.78 is 38.8. The summed E-state index contributed by atoms with van der Waals surface area (Å²) in [6.45, 7) is 3.25. The molecule has 2 heterocycles. The number of hydrogen-bond donors (Lipinski definition) is 1. The minimum atomic E-state index is -4.35. The van der Waals surface area contributed by atoms with Crippen LogP contribution in [0.5, 0.6) is 0 Å². The van der Waals surface area contributed by atoms with Crippen LogP contribution < -0.4 is 5.32 Å². The Balaban J connectivity index is 1.92. The van der Waals surface area contributed by atoms with Gasteiger partial charge in [0.2, 0.25) is 5.91 Å². The highest BCUT2D eigenvalue weighted by atomic mass is 19.4. The number of nitrogens with one attached hydrogen (secondary N) is 1. The van der Waals surface area contributed by atoms with E-state index in [9.17, 15) is 18.0 Å². The molecule has 0 aliphatic carbocycles. The molecule has 1 saturated heterocycles. The molecule has 0 spiro atoms. The Kier molecular flexibility index (Phi) is 4.27. The van der Waals surface area contributed by atoms with Gasteiger partial charge in [0.1, 0.15) is 6.54 Å². The molecule has 1 fully saturated rings. The van der Waals surface area contributed by atoms with Gasteiger partial charge in [0.15, 0.2) is 0 Å². The molecule has 2 rings (SSSR count). The number of likely N-dealkylation sites (tertiary alicyclic amines) is 1. The van der Waals surface area contributed by atoms with E-state index in [0.717, 1.165) is 21.9 Å². The van der Waals surface area contributed by atoms with E-state index in [-0.39, 0.29) is 19.0 Å². The molecule has 8 heteroatoms. The van der Waals surface area contributed by atoms with Gasteiger partial charge in [0.05, 0.1) is 5.69 Å². The van der Waals surface area contributed by atoms with Crippen LogP contribution in [0.15, 0.2) is 0 Å². The average Bonchev–Trinajstić information content (AvgIpc) is 2.78. The van der Waals surface area contributed by atoms with E-state index in [1.165, 1.54) is 0 Å². The molecule has 1 N–H and O–H groups in total. The summed E-state index contributed by atoms with van der Waals surface area (Å²) in [7, 11) is 1.84. The van der Waals surface area contributed by atoms with Gasteiger partial charge in [-0.05, 0) is 13.8 Å². The molecule has 1 aliphatic rings. The molecule has 1 aromatic rings. The number of hydrogen-bond acceptors (Lipinski definition) is 3. The smallest absolute Gasteiger partial charge is 0.332 e. The van der Waals surface area contributed by atoms with E-state index in [1.807, 2.05) is 20.9 Å². The Bertz CT molecular complexity index is 538. The first-order valence-corrected chi connectivity index (χ1v) is 6.74. The van der Waals surface area contributed by atoms with Crippen molar-refractivity contribution in [2.24, 2.45) is 7.05 Å². The van der Waals surface area contributed by atoms with Crippen molar-refractivity contribution in [3.8, 4) is 0 Å². The largest absolute Gasteiger partial charge is 0.406 e. The maximum atomic E-state index is 12.3. The maximum Gasteiger partial charge on any atom is 0.406 e. The predicted molar refractivity (Wildman–Crippen MR) is 70.6 cm³/mol. The Morgan fingerprint density at radius 3 is 2.57 bits per heavy atom. The molecule has 0 unspecified atom stereocenters. The minimum Gasteiger partial charge on any atom is -0.332 e. The number of aryl methyl sites for hydroxylation is 2. The van der Waals surface area contributed by atoms with Crippen LogP contribution in [-0.4, -0.2) is 45.9 Å². The summed E-state index contributed by atoms with van der Waals surface area (Å²) in [5, 5.41) is 7.44. The zero-order chi connectivity index (χ0) is 15.8. The minimum absolute atomic E-state index is 0.0939. The Labute approximate surface area is 121 Å². The second-order valence-electron chi connectivity index (χ2n) is 5.44. The lowest BCUT2D eigenvalue weighted by molar-refractivity contribution is -0.157. The van der Waals surface area contributed by atoms with Crippen molar-refractivity contribution in [3.63, 3.8) is 0 Å². The number of rotatable bonds is 4. The van der Waals surface area contributed by atoms with Gasteiger partial charge in [0, 0.05) is 43.9 Å². The summed E-state index contributed by atoms with van der Waals surface area (Å²) >= 11 is 0. The van der Waals surface area contributed by atoms with Gasteiger partial charge in [-0.25, -0.2) is 0 Å². The van der Waals surface area contributed by atoms with Crippen molar-refractivity contribution in [1.82, 2.24) is 20.0 Å². The lowest BCUT2D eigenvalue weighted by Gasteiger charge is -2.18. The summed E-state index contributed by atoms with van der Waals surface area (Å²) in [5.41, 5.74) is 2.93. The monoisotopic (exact) mass is 304 g/mol. The summed E-state index contributed by atoms with van der Waals surface area (Å²) in [6, 6.07) is -0.251. The van der Waals surface area contributed by atoms with Crippen LogP contribution in [0.25, 0.3) is 0 Å². The predicted octanol–water partition coefficient (Wildman–Crippen LogP) is 1.29. The number of carbonyl (C=O) groups is 1. The van der Waals surface area contributed by atoms with Gasteiger partial charge < -0.3 is 10.2 Å². The Hall–Kier alpha value is -1.57. The standard InChI is InChI=1S/C13H19F3N4O/c1-8-11(9(2)19(3)18-8)5-17-10-4-12(21)20(6-10)7-13(14,15)16/h10,17H,4-7H2,1-3H3/t10-/m0/s1. The third kappa shape index (κ3) is 3.75. The maximum absolute atomic E-state index is 12.3. The number of alkyl halides is 3. The highest BCUT2D eigenvalue weighted by Gasteiger charge is 2.38. The van der Waals surface area contributed by atoms with E-state index in [4.69, 9.17) is 0 Å². The first kappa shape index (κ1) is 15.8. The Morgan fingerprint density at radius 1 is 1.38 bits per heavy atom. The molecule has 0 radical (unpaired) electrons. The third-order valence-electron chi connectivity index (χ3n) is 3.81. The molecule has 0 saturated carbocycles. The summed E-state index contributed by atoms with van der Waals surface area (Å²) in [4.78, 5) is 12.4. The summed E-state index contributed by atoms with van der Waals surface area (Å²) in [6.07, 6.45) is -4.24. The van der Waals surface area contributed by atoms with Gasteiger partial charge in [0.25, 0.3) is 0 Å². The first-order valence-electron chi connectivity index (χ1n) is 6.74. The van der Waals surface area contributed by atoms with Crippen LogP contribution in [0.4, 0.5) is 13.2 Å². The van der Waals surface area contributed by atoms with Crippen LogP contribution >= 0.6 is 0 Å². The molecule has 1 aromatic heterocycles. The molecular formula is C13H19F3N4O. The molecule has 21 heavy (non-hydrogen) atoms. The van der Waals surface area contributed by atoms with E-state index in [2.05, 4.69) is 10.4 Å². The van der Waals surface area contributed by atoms with Gasteiger partial charge in [-0.1, -0.05) is 0 Å². The van der Waals surface area contributed by atoms with Crippen LogP contribution in [0, 0.1) is 13.8 Å². The van der Waals surface area contributed by atoms with Crippen LogP contribution in [0.2, 0.25) is 0 Å². The van der Waals surface area contributed by atoms with Crippen LogP contribution in [0.1, 0.15) is 23.4 Å². The first-order chi connectivity index (χ1) is 9.67. The van der Waals surface area contributed by atoms with Gasteiger partial charge in [-0.15, -0.1) is 0 Å². The molecule has 0 aromatic carbocycles. The lowest BCUT2D eigenvalue weighted by Crippen LogP contribution is -2.37. The van der Waals surface area contributed by atoms with E-state index >= 15 is 0 Å². The zero-order valence-electron chi connectivity index (χ0n) is 12.3. The van der Waals surface area contributed by atoms with Gasteiger partial charge in [-0.2, -0.15) is 18.3 Å². The van der Waals surface area contributed by atoms with E-state index in [1.54, 1.807) is 4.68 Å². The fourth-order valence-electron chi connectivity index (χ4n) is 2.60. The lowest BCUT2D eigenvalue weighted by atomic mass is 10.1. The molecular weight excluding hydrogens is 285 g/mol. The number of carbonyl (C=O) groups excluding carboxylic acids is 1. The topological polar surface area (TPSA) is 50.2 Å². The Morgan fingerprint density at radius 2 is 2.05 bits per heavy atom. The van der Waals surface area contributed by atoms with Crippen molar-refractivity contribution >= 4 is 5.91 Å². The van der Waals surface area contributed by atoms with Crippen molar-refractivity contribution in [3.05, 3.63) is 17.0 Å². The van der Waals surface area contributed by atoms with Crippen molar-refractivity contribution in [1.29, 1.82) is 0 Å². The van der Waals surface area contributed by atoms with Gasteiger partial charge >= 0.3 is 6.18 Å². The fourth-order valence-corrected chi connectivity index (χ4v) is 2.60. The van der Waals surface area contributed by atoms with Crippen molar-refractivity contribution in [2.45, 2.75) is 39.0 Å². The number of amides is 1. The third-order valence-corrected chi connectivity index (χ3v) is 3.81. The fraction of sp³-hybridized carbons (Fsp3) is 0.692. The molecule has 5 nitrogen and oxygen atoms in total. The molecule has 0 bridgehead atoms. The number of aromatic nitrogens is 2. The number of halogens is 3. The second kappa shape index (κ2) is 5.67. The molecule has 1 atom stereocenters. The normalized spacial score (nSPS) is 19.6. The quantitative estimate of drug-likeness (QED) is 0.912. The molecule has 1 amide bonds. The number of nitrogens with zero attached hydrogens (tertiary/aromatic N) is 3. The van der Waals surface area contributed by atoms with Crippen molar-refractivity contribution < 1.29 is 18.0 Å². The highest BCUT2D eigenvalue weighted by Crippen LogP contribution is 2.21. The SMILES string of the molecule is Cc1nn(C)c(C)c1CN[C@H]1CC(=O)N(CC(F)(F)F)C1. The van der Waals surface area contributed by atoms with Crippen LogP contribution in [-0.2, 0) is 18.4 Å². The summed E-state index contributed by atoms with van der Waals surface area (Å²) in [5.74, 6) is -0.454. The van der Waals surface area contributed by atoms with Crippen LogP contribution in [0.3, 0.4) is 0 Å². The average molecular weight is 304 g/mol. The molecule has 1 aliphatic heterocycles. The highest BCUT2D eigenvalue weighted by molar-refractivity contribution is 5.79. The zero-order valence-corrected chi connectivity index (χ0v) is 12.3. The van der Waals surface area contributed by atoms with E-state index < -0.39 is 18.6 Å². The van der Waals surface area contributed by atoms with Crippen molar-refractivity contribution in [2.75, 3.05) is 13.1 Å².